The first kappa shape index (κ1) is 17.3. The number of carbonyl (C=O) groups excluding carboxylic acids is 2. The second-order valence-electron chi connectivity index (χ2n) is 5.81. The molecule has 2 amide bonds. The van der Waals surface area contributed by atoms with E-state index in [-0.39, 0.29) is 17.9 Å². The molecule has 1 heterocycles. The number of hydrogen-bond acceptors (Lipinski definition) is 4. The first-order valence-electron chi connectivity index (χ1n) is 7.91. The summed E-state index contributed by atoms with van der Waals surface area (Å²) in [5, 5.41) is 3.01. The van der Waals surface area contributed by atoms with Gasteiger partial charge in [-0.1, -0.05) is 18.2 Å². The highest BCUT2D eigenvalue weighted by Gasteiger charge is 2.21. The summed E-state index contributed by atoms with van der Waals surface area (Å²) in [6.45, 7) is 6.72. The molecule has 0 bridgehead atoms. The largest absolute Gasteiger partial charge is 0.496 e. The minimum absolute atomic E-state index is 0.0142. The van der Waals surface area contributed by atoms with Gasteiger partial charge in [0.15, 0.2) is 0 Å². The quantitative estimate of drug-likeness (QED) is 0.881. The molecule has 0 aromatic heterocycles. The molecule has 0 spiro atoms. The fourth-order valence-corrected chi connectivity index (χ4v) is 2.81. The standard InChI is InChI=1S/C17H25N3O3/c1-13(15-6-4-5-7-16(15)23-3)18-17(22)12-19-8-10-20(11-9-19)14(2)21/h4-7,13H,8-12H2,1-3H3,(H,18,22). The molecular formula is C17H25N3O3. The van der Waals surface area contributed by atoms with Crippen LogP contribution in [0.5, 0.6) is 5.75 Å². The van der Waals surface area contributed by atoms with Crippen LogP contribution in [0.15, 0.2) is 24.3 Å². The third kappa shape index (κ3) is 4.69. The van der Waals surface area contributed by atoms with Crippen LogP contribution in [0.3, 0.4) is 0 Å². The van der Waals surface area contributed by atoms with E-state index in [2.05, 4.69) is 10.2 Å². The lowest BCUT2D eigenvalue weighted by Crippen LogP contribution is -2.50. The summed E-state index contributed by atoms with van der Waals surface area (Å²) in [6.07, 6.45) is 0. The Balaban J connectivity index is 1.84. The van der Waals surface area contributed by atoms with Gasteiger partial charge in [-0.25, -0.2) is 0 Å². The van der Waals surface area contributed by atoms with Gasteiger partial charge in [0.1, 0.15) is 5.75 Å². The summed E-state index contributed by atoms with van der Waals surface area (Å²) in [5.74, 6) is 0.856. The van der Waals surface area contributed by atoms with E-state index in [9.17, 15) is 9.59 Å². The molecule has 0 aliphatic carbocycles. The third-order valence-electron chi connectivity index (χ3n) is 4.17. The maximum Gasteiger partial charge on any atom is 0.234 e. The molecule has 1 aromatic rings. The van der Waals surface area contributed by atoms with E-state index < -0.39 is 0 Å². The summed E-state index contributed by atoms with van der Waals surface area (Å²) >= 11 is 0. The van der Waals surface area contributed by atoms with Gasteiger partial charge in [-0.2, -0.15) is 0 Å². The molecule has 1 aromatic carbocycles. The predicted molar refractivity (Wildman–Crippen MR) is 88.2 cm³/mol. The maximum absolute atomic E-state index is 12.2. The summed E-state index contributed by atoms with van der Waals surface area (Å²) in [4.78, 5) is 27.4. The highest BCUT2D eigenvalue weighted by molar-refractivity contribution is 5.78. The number of carbonyl (C=O) groups is 2. The zero-order valence-electron chi connectivity index (χ0n) is 14.0. The van der Waals surface area contributed by atoms with Gasteiger partial charge in [-0.15, -0.1) is 0 Å². The number of rotatable bonds is 5. The van der Waals surface area contributed by atoms with E-state index in [0.29, 0.717) is 19.6 Å². The number of amides is 2. The molecule has 1 N–H and O–H groups in total. The van der Waals surface area contributed by atoms with Crippen molar-refractivity contribution in [3.63, 3.8) is 0 Å². The number of hydrogen-bond donors (Lipinski definition) is 1. The van der Waals surface area contributed by atoms with Gasteiger partial charge in [0.05, 0.1) is 19.7 Å². The van der Waals surface area contributed by atoms with E-state index in [0.717, 1.165) is 24.4 Å². The van der Waals surface area contributed by atoms with Crippen molar-refractivity contribution in [1.29, 1.82) is 0 Å². The highest BCUT2D eigenvalue weighted by Crippen LogP contribution is 2.24. The average molecular weight is 319 g/mol. The van der Waals surface area contributed by atoms with Crippen LogP contribution in [-0.2, 0) is 9.59 Å². The highest BCUT2D eigenvalue weighted by atomic mass is 16.5. The van der Waals surface area contributed by atoms with Crippen LogP contribution in [0.2, 0.25) is 0 Å². The zero-order chi connectivity index (χ0) is 16.8. The molecular weight excluding hydrogens is 294 g/mol. The van der Waals surface area contributed by atoms with Crippen LogP contribution in [0.1, 0.15) is 25.5 Å². The number of piperazine rings is 1. The maximum atomic E-state index is 12.2. The fraction of sp³-hybridized carbons (Fsp3) is 0.529. The third-order valence-corrected chi connectivity index (χ3v) is 4.17. The van der Waals surface area contributed by atoms with Crippen molar-refractivity contribution in [3.8, 4) is 5.75 Å². The molecule has 2 rings (SSSR count). The fourth-order valence-electron chi connectivity index (χ4n) is 2.81. The SMILES string of the molecule is COc1ccccc1C(C)NC(=O)CN1CCN(C(C)=O)CC1. The Morgan fingerprint density at radius 3 is 2.48 bits per heavy atom. The number of ether oxygens (including phenoxy) is 1. The number of benzene rings is 1. The minimum atomic E-state index is -0.114. The van der Waals surface area contributed by atoms with E-state index in [1.807, 2.05) is 36.1 Å². The van der Waals surface area contributed by atoms with Crippen LogP contribution < -0.4 is 10.1 Å². The Kier molecular flexibility index (Phi) is 5.98. The monoisotopic (exact) mass is 319 g/mol. The molecule has 0 radical (unpaired) electrons. The second kappa shape index (κ2) is 7.97. The molecule has 1 aliphatic heterocycles. The normalized spacial score (nSPS) is 16.7. The molecule has 23 heavy (non-hydrogen) atoms. The van der Waals surface area contributed by atoms with Gasteiger partial charge >= 0.3 is 0 Å². The van der Waals surface area contributed by atoms with Crippen LogP contribution in [0, 0.1) is 0 Å². The molecule has 1 atom stereocenters. The van der Waals surface area contributed by atoms with Crippen molar-refractivity contribution in [2.75, 3.05) is 39.8 Å². The van der Waals surface area contributed by atoms with E-state index in [4.69, 9.17) is 4.74 Å². The van der Waals surface area contributed by atoms with Gasteiger partial charge in [-0.3, -0.25) is 14.5 Å². The second-order valence-corrected chi connectivity index (χ2v) is 5.81. The first-order valence-corrected chi connectivity index (χ1v) is 7.91. The smallest absolute Gasteiger partial charge is 0.234 e. The minimum Gasteiger partial charge on any atom is -0.496 e. The summed E-state index contributed by atoms with van der Waals surface area (Å²) in [7, 11) is 1.63. The van der Waals surface area contributed by atoms with Crippen LogP contribution in [0.25, 0.3) is 0 Å². The predicted octanol–water partition coefficient (Wildman–Crippen LogP) is 1.04. The lowest BCUT2D eigenvalue weighted by atomic mass is 10.1. The molecule has 1 saturated heterocycles. The lowest BCUT2D eigenvalue weighted by Gasteiger charge is -2.33. The lowest BCUT2D eigenvalue weighted by molar-refractivity contribution is -0.131. The van der Waals surface area contributed by atoms with Gasteiger partial charge in [-0.05, 0) is 13.0 Å². The Labute approximate surface area is 137 Å². The molecule has 1 fully saturated rings. The van der Waals surface area contributed by atoms with E-state index >= 15 is 0 Å². The van der Waals surface area contributed by atoms with Gasteiger partial charge < -0.3 is 15.0 Å². The summed E-state index contributed by atoms with van der Waals surface area (Å²) in [5.41, 5.74) is 0.963. The average Bonchev–Trinajstić information content (AvgIpc) is 2.55. The molecule has 1 aliphatic rings. The van der Waals surface area contributed by atoms with Crippen LogP contribution in [-0.4, -0.2) is 61.4 Å². The zero-order valence-corrected chi connectivity index (χ0v) is 14.0. The Morgan fingerprint density at radius 2 is 1.87 bits per heavy atom. The van der Waals surface area contributed by atoms with Crippen molar-refractivity contribution in [2.45, 2.75) is 19.9 Å². The molecule has 6 heteroatoms. The van der Waals surface area contributed by atoms with Crippen molar-refractivity contribution >= 4 is 11.8 Å². The van der Waals surface area contributed by atoms with Crippen molar-refractivity contribution < 1.29 is 14.3 Å². The van der Waals surface area contributed by atoms with Gasteiger partial charge in [0.2, 0.25) is 11.8 Å². The molecule has 6 nitrogen and oxygen atoms in total. The van der Waals surface area contributed by atoms with Crippen LogP contribution >= 0.6 is 0 Å². The number of nitrogens with one attached hydrogen (secondary N) is 1. The van der Waals surface area contributed by atoms with Gasteiger partial charge in [0.25, 0.3) is 0 Å². The Morgan fingerprint density at radius 1 is 1.22 bits per heavy atom. The van der Waals surface area contributed by atoms with Gasteiger partial charge in [0, 0.05) is 38.7 Å². The Hall–Kier alpha value is -2.08. The molecule has 126 valence electrons. The van der Waals surface area contributed by atoms with E-state index in [1.165, 1.54) is 0 Å². The topological polar surface area (TPSA) is 61.9 Å². The summed E-state index contributed by atoms with van der Waals surface area (Å²) < 4.78 is 5.33. The van der Waals surface area contributed by atoms with Crippen molar-refractivity contribution in [1.82, 2.24) is 15.1 Å². The summed E-state index contributed by atoms with van der Waals surface area (Å²) in [6, 6.07) is 7.57. The molecule has 1 unspecified atom stereocenters. The number of para-hydroxylation sites is 1. The van der Waals surface area contributed by atoms with Crippen molar-refractivity contribution in [2.24, 2.45) is 0 Å². The van der Waals surface area contributed by atoms with Crippen molar-refractivity contribution in [3.05, 3.63) is 29.8 Å². The van der Waals surface area contributed by atoms with Crippen LogP contribution in [0.4, 0.5) is 0 Å². The van der Waals surface area contributed by atoms with E-state index in [1.54, 1.807) is 14.0 Å². The number of nitrogens with zero attached hydrogens (tertiary/aromatic N) is 2. The first-order chi connectivity index (χ1) is 11.0. The number of methoxy groups -OCH3 is 1. The Bertz CT molecular complexity index is 554. The molecule has 0 saturated carbocycles.